The highest BCUT2D eigenvalue weighted by molar-refractivity contribution is 9.09. The van der Waals surface area contributed by atoms with Crippen molar-refractivity contribution in [2.45, 2.75) is 13.0 Å². The number of carbonyl (C=O) groups is 1. The summed E-state index contributed by atoms with van der Waals surface area (Å²) in [5.41, 5.74) is 0. The predicted molar refractivity (Wildman–Crippen MR) is 43.3 cm³/mol. The molecular formula is C6H12BrNO2. The van der Waals surface area contributed by atoms with E-state index in [1.807, 2.05) is 0 Å². The van der Waals surface area contributed by atoms with Crippen molar-refractivity contribution in [1.29, 1.82) is 0 Å². The van der Waals surface area contributed by atoms with Crippen LogP contribution in [0.15, 0.2) is 0 Å². The molecule has 3 nitrogen and oxygen atoms in total. The fourth-order valence-corrected chi connectivity index (χ4v) is 0.760. The highest BCUT2D eigenvalue weighted by Crippen LogP contribution is 1.85. The van der Waals surface area contributed by atoms with Crippen molar-refractivity contribution in [3.05, 3.63) is 0 Å². The molecule has 0 aromatic heterocycles. The van der Waals surface area contributed by atoms with Crippen LogP contribution in [0.3, 0.4) is 0 Å². The first-order chi connectivity index (χ1) is 4.72. The zero-order chi connectivity index (χ0) is 7.98. The Labute approximate surface area is 69.3 Å². The van der Waals surface area contributed by atoms with Crippen LogP contribution >= 0.6 is 15.9 Å². The molecule has 1 unspecified atom stereocenters. The fourth-order valence-electron chi connectivity index (χ4n) is 0.531. The molecule has 0 heterocycles. The Kier molecular flexibility index (Phi) is 5.63. The molecule has 0 saturated heterocycles. The lowest BCUT2D eigenvalue weighted by Crippen LogP contribution is -2.35. The van der Waals surface area contributed by atoms with Gasteiger partial charge in [-0.3, -0.25) is 4.79 Å². The second-order valence-electron chi connectivity index (χ2n) is 1.89. The first-order valence-electron chi connectivity index (χ1n) is 3.09. The van der Waals surface area contributed by atoms with Crippen molar-refractivity contribution in [2.75, 3.05) is 19.0 Å². The maximum atomic E-state index is 10.7. The largest absolute Gasteiger partial charge is 0.468 e. The molecule has 0 aliphatic rings. The first kappa shape index (κ1) is 9.91. The minimum atomic E-state index is -0.221. The summed E-state index contributed by atoms with van der Waals surface area (Å²) in [6.07, 6.45) is 0. The van der Waals surface area contributed by atoms with Crippen LogP contribution in [-0.2, 0) is 9.53 Å². The molecule has 0 aromatic carbocycles. The van der Waals surface area contributed by atoms with Gasteiger partial charge >= 0.3 is 5.97 Å². The Hall–Kier alpha value is -0.0900. The summed E-state index contributed by atoms with van der Waals surface area (Å²) >= 11 is 3.23. The van der Waals surface area contributed by atoms with Crippen LogP contribution in [-0.4, -0.2) is 31.0 Å². The topological polar surface area (TPSA) is 38.3 Å². The number of halogens is 1. The fraction of sp³-hybridized carbons (Fsp3) is 0.833. The zero-order valence-corrected chi connectivity index (χ0v) is 7.77. The van der Waals surface area contributed by atoms with Crippen LogP contribution in [0.4, 0.5) is 0 Å². The van der Waals surface area contributed by atoms with Gasteiger partial charge in [0.15, 0.2) is 0 Å². The van der Waals surface area contributed by atoms with Gasteiger partial charge in [0.25, 0.3) is 0 Å². The molecule has 0 spiro atoms. The van der Waals surface area contributed by atoms with E-state index in [9.17, 15) is 4.79 Å². The molecule has 0 saturated carbocycles. The predicted octanol–water partition coefficient (Wildman–Crippen LogP) is 0.532. The minimum absolute atomic E-state index is 0.206. The summed E-state index contributed by atoms with van der Waals surface area (Å²) in [5.74, 6) is -0.221. The average molecular weight is 210 g/mol. The molecule has 0 rings (SSSR count). The summed E-state index contributed by atoms with van der Waals surface area (Å²) in [6, 6.07) is -0.206. The number of rotatable bonds is 4. The number of alkyl halides is 1. The summed E-state index contributed by atoms with van der Waals surface area (Å²) < 4.78 is 4.49. The average Bonchev–Trinajstić information content (AvgIpc) is 1.98. The molecular weight excluding hydrogens is 198 g/mol. The maximum absolute atomic E-state index is 10.7. The van der Waals surface area contributed by atoms with Gasteiger partial charge in [-0.2, -0.15) is 0 Å². The molecule has 0 amide bonds. The number of ether oxygens (including phenoxy) is 1. The van der Waals surface area contributed by atoms with Crippen molar-refractivity contribution < 1.29 is 9.53 Å². The number of hydrogen-bond acceptors (Lipinski definition) is 3. The van der Waals surface area contributed by atoms with Gasteiger partial charge in [-0.1, -0.05) is 15.9 Å². The van der Waals surface area contributed by atoms with Crippen molar-refractivity contribution >= 4 is 21.9 Å². The molecule has 1 N–H and O–H groups in total. The van der Waals surface area contributed by atoms with Crippen LogP contribution in [0.1, 0.15) is 6.92 Å². The second-order valence-corrected chi connectivity index (χ2v) is 2.68. The Morgan fingerprint density at radius 1 is 1.80 bits per heavy atom. The zero-order valence-electron chi connectivity index (χ0n) is 6.19. The van der Waals surface area contributed by atoms with Crippen LogP contribution in [0.25, 0.3) is 0 Å². The SMILES string of the molecule is COC(=O)C(C)NCCBr. The number of hydrogen-bond donors (Lipinski definition) is 1. The molecule has 0 bridgehead atoms. The molecule has 0 radical (unpaired) electrons. The Balaban J connectivity index is 3.41. The third-order valence-electron chi connectivity index (χ3n) is 1.10. The molecule has 10 heavy (non-hydrogen) atoms. The van der Waals surface area contributed by atoms with Crippen LogP contribution in [0.5, 0.6) is 0 Å². The minimum Gasteiger partial charge on any atom is -0.468 e. The van der Waals surface area contributed by atoms with Gasteiger partial charge in [0.05, 0.1) is 7.11 Å². The number of methoxy groups -OCH3 is 1. The molecule has 4 heteroatoms. The van der Waals surface area contributed by atoms with Crippen molar-refractivity contribution in [1.82, 2.24) is 5.32 Å². The van der Waals surface area contributed by atoms with E-state index < -0.39 is 0 Å². The van der Waals surface area contributed by atoms with E-state index in [1.165, 1.54) is 7.11 Å². The molecule has 1 atom stereocenters. The lowest BCUT2D eigenvalue weighted by molar-refractivity contribution is -0.142. The van der Waals surface area contributed by atoms with Gasteiger partial charge in [0, 0.05) is 11.9 Å². The van der Waals surface area contributed by atoms with Gasteiger partial charge in [-0.05, 0) is 6.92 Å². The summed E-state index contributed by atoms with van der Waals surface area (Å²) in [6.45, 7) is 2.55. The van der Waals surface area contributed by atoms with E-state index in [0.29, 0.717) is 0 Å². The van der Waals surface area contributed by atoms with E-state index >= 15 is 0 Å². The molecule has 60 valence electrons. The van der Waals surface area contributed by atoms with E-state index in [0.717, 1.165) is 11.9 Å². The van der Waals surface area contributed by atoms with Crippen LogP contribution in [0.2, 0.25) is 0 Å². The Morgan fingerprint density at radius 3 is 2.80 bits per heavy atom. The molecule has 0 aliphatic carbocycles. The van der Waals surface area contributed by atoms with Gasteiger partial charge in [0.1, 0.15) is 6.04 Å². The van der Waals surface area contributed by atoms with Crippen LogP contribution in [0, 0.1) is 0 Å². The molecule has 0 aromatic rings. The van der Waals surface area contributed by atoms with Gasteiger partial charge in [0.2, 0.25) is 0 Å². The lowest BCUT2D eigenvalue weighted by atomic mass is 10.3. The Morgan fingerprint density at radius 2 is 2.40 bits per heavy atom. The number of esters is 1. The highest BCUT2D eigenvalue weighted by atomic mass is 79.9. The summed E-state index contributed by atoms with van der Waals surface area (Å²) in [7, 11) is 1.38. The normalized spacial score (nSPS) is 12.7. The van der Waals surface area contributed by atoms with Crippen LogP contribution < -0.4 is 5.32 Å². The third-order valence-corrected chi connectivity index (χ3v) is 1.50. The lowest BCUT2D eigenvalue weighted by Gasteiger charge is -2.08. The van der Waals surface area contributed by atoms with E-state index in [-0.39, 0.29) is 12.0 Å². The van der Waals surface area contributed by atoms with Crippen molar-refractivity contribution in [2.24, 2.45) is 0 Å². The highest BCUT2D eigenvalue weighted by Gasteiger charge is 2.10. The second kappa shape index (κ2) is 5.68. The Bertz CT molecular complexity index is 108. The molecule has 0 aliphatic heterocycles. The third kappa shape index (κ3) is 3.85. The summed E-state index contributed by atoms with van der Waals surface area (Å²) in [5, 5.41) is 3.80. The monoisotopic (exact) mass is 209 g/mol. The van der Waals surface area contributed by atoms with Gasteiger partial charge in [-0.15, -0.1) is 0 Å². The van der Waals surface area contributed by atoms with E-state index in [4.69, 9.17) is 0 Å². The number of carbonyl (C=O) groups excluding carboxylic acids is 1. The van der Waals surface area contributed by atoms with Crippen molar-refractivity contribution in [3.8, 4) is 0 Å². The van der Waals surface area contributed by atoms with Gasteiger partial charge < -0.3 is 10.1 Å². The first-order valence-corrected chi connectivity index (χ1v) is 4.21. The van der Waals surface area contributed by atoms with E-state index in [1.54, 1.807) is 6.92 Å². The summed E-state index contributed by atoms with van der Waals surface area (Å²) in [4.78, 5) is 10.7. The van der Waals surface area contributed by atoms with E-state index in [2.05, 4.69) is 26.0 Å². The van der Waals surface area contributed by atoms with Gasteiger partial charge in [-0.25, -0.2) is 0 Å². The smallest absolute Gasteiger partial charge is 0.322 e. The standard InChI is InChI=1S/C6H12BrNO2/c1-5(6(9)10-2)8-4-3-7/h5,8H,3-4H2,1-2H3. The number of nitrogens with one attached hydrogen (secondary N) is 1. The quantitative estimate of drug-likeness (QED) is 0.543. The maximum Gasteiger partial charge on any atom is 0.322 e. The molecule has 0 fully saturated rings. The van der Waals surface area contributed by atoms with Crippen molar-refractivity contribution in [3.63, 3.8) is 0 Å².